The van der Waals surface area contributed by atoms with E-state index in [1.54, 1.807) is 24.0 Å². The minimum absolute atomic E-state index is 0.104. The third kappa shape index (κ3) is 2.49. The summed E-state index contributed by atoms with van der Waals surface area (Å²) in [4.78, 5) is 13.9. The standard InChI is InChI=1S/C13H15ClFNO2/c1-9-3-2-4-11(12(9)15)13(17)16-5-6-18-8-10(16)7-14/h2-4,10H,5-8H2,1H3. The fourth-order valence-corrected chi connectivity index (χ4v) is 2.27. The third-order valence-electron chi connectivity index (χ3n) is 3.09. The highest BCUT2D eigenvalue weighted by molar-refractivity contribution is 6.18. The second kappa shape index (κ2) is 5.67. The van der Waals surface area contributed by atoms with Crippen LogP contribution in [0.15, 0.2) is 18.2 Å². The summed E-state index contributed by atoms with van der Waals surface area (Å²) in [5.74, 6) is -0.480. The second-order valence-electron chi connectivity index (χ2n) is 4.32. The van der Waals surface area contributed by atoms with E-state index in [0.29, 0.717) is 31.2 Å². The van der Waals surface area contributed by atoms with Gasteiger partial charge < -0.3 is 9.64 Å². The van der Waals surface area contributed by atoms with Crippen molar-refractivity contribution in [2.45, 2.75) is 13.0 Å². The first-order valence-electron chi connectivity index (χ1n) is 5.85. The Kier molecular flexibility index (Phi) is 4.19. The number of alkyl halides is 1. The molecule has 0 spiro atoms. The van der Waals surface area contributed by atoms with Crippen LogP contribution in [0.25, 0.3) is 0 Å². The highest BCUT2D eigenvalue weighted by Crippen LogP contribution is 2.18. The maximum absolute atomic E-state index is 13.9. The van der Waals surface area contributed by atoms with Gasteiger partial charge in [0.15, 0.2) is 0 Å². The Bertz CT molecular complexity index is 453. The molecule has 1 fully saturated rings. The van der Waals surface area contributed by atoms with Crippen molar-refractivity contribution < 1.29 is 13.9 Å². The van der Waals surface area contributed by atoms with Crippen LogP contribution < -0.4 is 0 Å². The molecule has 0 radical (unpaired) electrons. The first-order chi connectivity index (χ1) is 8.65. The lowest BCUT2D eigenvalue weighted by molar-refractivity contribution is 0.00430. The van der Waals surface area contributed by atoms with E-state index >= 15 is 0 Å². The average molecular weight is 272 g/mol. The summed E-state index contributed by atoms with van der Waals surface area (Å²) in [5.41, 5.74) is 0.573. The van der Waals surface area contributed by atoms with Gasteiger partial charge in [0.05, 0.1) is 24.8 Å². The van der Waals surface area contributed by atoms with Crippen molar-refractivity contribution in [2.24, 2.45) is 0 Å². The quantitative estimate of drug-likeness (QED) is 0.772. The summed E-state index contributed by atoms with van der Waals surface area (Å²) in [5, 5.41) is 0. The van der Waals surface area contributed by atoms with E-state index in [0.717, 1.165) is 0 Å². The Hall–Kier alpha value is -1.13. The maximum Gasteiger partial charge on any atom is 0.257 e. The first kappa shape index (κ1) is 13.3. The lowest BCUT2D eigenvalue weighted by atomic mass is 10.1. The zero-order valence-electron chi connectivity index (χ0n) is 10.2. The van der Waals surface area contributed by atoms with Crippen LogP contribution in [0.5, 0.6) is 0 Å². The average Bonchev–Trinajstić information content (AvgIpc) is 2.41. The molecule has 2 rings (SSSR count). The first-order valence-corrected chi connectivity index (χ1v) is 6.38. The number of morpholine rings is 1. The van der Waals surface area contributed by atoms with Crippen LogP contribution in [0.1, 0.15) is 15.9 Å². The minimum atomic E-state index is -0.456. The van der Waals surface area contributed by atoms with Gasteiger partial charge >= 0.3 is 0 Å². The molecule has 1 aromatic carbocycles. The van der Waals surface area contributed by atoms with Crippen molar-refractivity contribution >= 4 is 17.5 Å². The molecule has 18 heavy (non-hydrogen) atoms. The number of hydrogen-bond donors (Lipinski definition) is 0. The zero-order chi connectivity index (χ0) is 13.1. The number of ether oxygens (including phenoxy) is 1. The number of carbonyl (C=O) groups is 1. The van der Waals surface area contributed by atoms with Crippen molar-refractivity contribution in [2.75, 3.05) is 25.6 Å². The molecule has 5 heteroatoms. The minimum Gasteiger partial charge on any atom is -0.377 e. The molecule has 3 nitrogen and oxygen atoms in total. The molecule has 1 aliphatic rings. The van der Waals surface area contributed by atoms with Crippen LogP contribution in [0.4, 0.5) is 4.39 Å². The summed E-state index contributed by atoms with van der Waals surface area (Å²) < 4.78 is 19.2. The number of amides is 1. The van der Waals surface area contributed by atoms with Crippen LogP contribution in [0.3, 0.4) is 0 Å². The fraction of sp³-hybridized carbons (Fsp3) is 0.462. The van der Waals surface area contributed by atoms with E-state index < -0.39 is 5.82 Å². The van der Waals surface area contributed by atoms with Crippen LogP contribution in [-0.2, 0) is 4.74 Å². The molecular formula is C13H15ClFNO2. The summed E-state index contributed by atoms with van der Waals surface area (Å²) in [7, 11) is 0. The number of nitrogens with zero attached hydrogens (tertiary/aromatic N) is 1. The van der Waals surface area contributed by atoms with Crippen molar-refractivity contribution in [1.29, 1.82) is 0 Å². The summed E-state index contributed by atoms with van der Waals surface area (Å²) >= 11 is 5.81. The molecule has 1 atom stereocenters. The highest BCUT2D eigenvalue weighted by atomic mass is 35.5. The molecule has 1 saturated heterocycles. The Morgan fingerprint density at radius 1 is 1.61 bits per heavy atom. The topological polar surface area (TPSA) is 29.5 Å². The van der Waals surface area contributed by atoms with Gasteiger partial charge in [0.25, 0.3) is 5.91 Å². The van der Waals surface area contributed by atoms with E-state index in [2.05, 4.69) is 0 Å². The van der Waals surface area contributed by atoms with Gasteiger partial charge in [-0.15, -0.1) is 11.6 Å². The highest BCUT2D eigenvalue weighted by Gasteiger charge is 2.29. The van der Waals surface area contributed by atoms with Crippen molar-refractivity contribution in [1.82, 2.24) is 4.90 Å². The zero-order valence-corrected chi connectivity index (χ0v) is 10.9. The van der Waals surface area contributed by atoms with E-state index in [1.807, 2.05) is 0 Å². The fourth-order valence-electron chi connectivity index (χ4n) is 2.02. The number of benzene rings is 1. The Morgan fingerprint density at radius 2 is 2.39 bits per heavy atom. The molecule has 0 aliphatic carbocycles. The van der Waals surface area contributed by atoms with Crippen molar-refractivity contribution in [3.05, 3.63) is 35.1 Å². The van der Waals surface area contributed by atoms with Gasteiger partial charge in [0, 0.05) is 12.4 Å². The molecule has 0 N–H and O–H groups in total. The number of halogens is 2. The smallest absolute Gasteiger partial charge is 0.257 e. The van der Waals surface area contributed by atoms with Crippen LogP contribution in [0, 0.1) is 12.7 Å². The molecule has 0 bridgehead atoms. The molecular weight excluding hydrogens is 257 g/mol. The Balaban J connectivity index is 2.27. The lowest BCUT2D eigenvalue weighted by Gasteiger charge is -2.34. The molecule has 1 heterocycles. The largest absolute Gasteiger partial charge is 0.377 e. The summed E-state index contributed by atoms with van der Waals surface area (Å²) in [6.45, 7) is 2.96. The molecule has 0 aromatic heterocycles. The molecule has 1 aromatic rings. The van der Waals surface area contributed by atoms with Gasteiger partial charge in [-0.1, -0.05) is 12.1 Å². The van der Waals surface area contributed by atoms with Crippen LogP contribution >= 0.6 is 11.6 Å². The van der Waals surface area contributed by atoms with Gasteiger partial charge in [0.1, 0.15) is 5.82 Å². The van der Waals surface area contributed by atoms with Crippen molar-refractivity contribution in [3.63, 3.8) is 0 Å². The molecule has 1 unspecified atom stereocenters. The molecule has 1 aliphatic heterocycles. The number of carbonyl (C=O) groups excluding carboxylic acids is 1. The molecule has 0 saturated carbocycles. The van der Waals surface area contributed by atoms with Crippen LogP contribution in [0.2, 0.25) is 0 Å². The van der Waals surface area contributed by atoms with E-state index in [4.69, 9.17) is 16.3 Å². The van der Waals surface area contributed by atoms with E-state index in [-0.39, 0.29) is 17.5 Å². The number of rotatable bonds is 2. The Morgan fingerprint density at radius 3 is 3.11 bits per heavy atom. The van der Waals surface area contributed by atoms with Gasteiger partial charge in [-0.2, -0.15) is 0 Å². The summed E-state index contributed by atoms with van der Waals surface area (Å²) in [6.07, 6.45) is 0. The maximum atomic E-state index is 13.9. The lowest BCUT2D eigenvalue weighted by Crippen LogP contribution is -2.49. The van der Waals surface area contributed by atoms with E-state index in [1.165, 1.54) is 6.07 Å². The van der Waals surface area contributed by atoms with Crippen molar-refractivity contribution in [3.8, 4) is 0 Å². The van der Waals surface area contributed by atoms with Crippen LogP contribution in [-0.4, -0.2) is 42.5 Å². The third-order valence-corrected chi connectivity index (χ3v) is 3.44. The summed E-state index contributed by atoms with van der Waals surface area (Å²) in [6, 6.07) is 4.64. The normalized spacial score (nSPS) is 19.9. The predicted molar refractivity (Wildman–Crippen MR) is 67.5 cm³/mol. The van der Waals surface area contributed by atoms with Gasteiger partial charge in [-0.05, 0) is 18.6 Å². The number of hydrogen-bond acceptors (Lipinski definition) is 2. The SMILES string of the molecule is Cc1cccc(C(=O)N2CCOCC2CCl)c1F. The molecule has 98 valence electrons. The molecule has 1 amide bonds. The number of aryl methyl sites for hydroxylation is 1. The monoisotopic (exact) mass is 271 g/mol. The van der Waals surface area contributed by atoms with E-state index in [9.17, 15) is 9.18 Å². The Labute approximate surface area is 110 Å². The van der Waals surface area contributed by atoms with Gasteiger partial charge in [-0.3, -0.25) is 4.79 Å². The van der Waals surface area contributed by atoms with Gasteiger partial charge in [0.2, 0.25) is 0 Å². The second-order valence-corrected chi connectivity index (χ2v) is 4.63. The predicted octanol–water partition coefficient (Wildman–Crippen LogP) is 2.21. The van der Waals surface area contributed by atoms with Gasteiger partial charge in [-0.25, -0.2) is 4.39 Å².